The summed E-state index contributed by atoms with van der Waals surface area (Å²) in [6.07, 6.45) is 3.12. The Bertz CT molecular complexity index is 495. The number of pyridine rings is 1. The van der Waals surface area contributed by atoms with Crippen LogP contribution in [0.5, 0.6) is 5.75 Å². The van der Waals surface area contributed by atoms with Gasteiger partial charge in [0.1, 0.15) is 0 Å². The molecule has 18 heavy (non-hydrogen) atoms. The Morgan fingerprint density at radius 2 is 2.11 bits per heavy atom. The highest BCUT2D eigenvalue weighted by molar-refractivity contribution is 5.96. The van der Waals surface area contributed by atoms with Crippen molar-refractivity contribution in [1.82, 2.24) is 9.88 Å². The minimum atomic E-state index is -1.16. The number of carbonyl (C=O) groups is 2. The molecule has 1 aliphatic rings. The number of carboxylic acid groups (broad SMARTS) is 1. The Hall–Kier alpha value is -2.11. The molecule has 1 aromatic heterocycles. The van der Waals surface area contributed by atoms with Gasteiger partial charge in [0.25, 0.3) is 5.91 Å². The molecule has 6 nitrogen and oxygen atoms in total. The van der Waals surface area contributed by atoms with E-state index in [2.05, 4.69) is 4.98 Å². The minimum Gasteiger partial charge on any atom is -0.488 e. The van der Waals surface area contributed by atoms with E-state index in [9.17, 15) is 9.59 Å². The molecule has 1 saturated carbocycles. The van der Waals surface area contributed by atoms with E-state index in [0.717, 1.165) is 12.8 Å². The van der Waals surface area contributed by atoms with Crippen molar-refractivity contribution < 1.29 is 19.4 Å². The van der Waals surface area contributed by atoms with Crippen LogP contribution in [0.15, 0.2) is 12.3 Å². The molecule has 6 heteroatoms. The molecule has 2 rings (SSSR count). The van der Waals surface area contributed by atoms with Gasteiger partial charge in [0.15, 0.2) is 11.4 Å². The fourth-order valence-corrected chi connectivity index (χ4v) is 1.44. The number of hydrogen-bond donors (Lipinski definition) is 1. The number of carboxylic acids is 1. The lowest BCUT2D eigenvalue weighted by Crippen LogP contribution is -2.22. The van der Waals surface area contributed by atoms with E-state index >= 15 is 0 Å². The van der Waals surface area contributed by atoms with Crippen LogP contribution in [0, 0.1) is 0 Å². The Balaban J connectivity index is 2.34. The highest BCUT2D eigenvalue weighted by Gasteiger charge is 2.27. The number of amides is 1. The number of aromatic carboxylic acids is 1. The van der Waals surface area contributed by atoms with Crippen molar-refractivity contribution >= 4 is 11.9 Å². The van der Waals surface area contributed by atoms with Crippen molar-refractivity contribution in [2.24, 2.45) is 0 Å². The Morgan fingerprint density at radius 3 is 2.61 bits per heavy atom. The number of rotatable bonds is 4. The summed E-state index contributed by atoms with van der Waals surface area (Å²) in [6, 6.07) is 1.44. The topological polar surface area (TPSA) is 79.7 Å². The fourth-order valence-electron chi connectivity index (χ4n) is 1.44. The van der Waals surface area contributed by atoms with Gasteiger partial charge in [-0.2, -0.15) is 0 Å². The summed E-state index contributed by atoms with van der Waals surface area (Å²) in [6.45, 7) is 0. The number of carbonyl (C=O) groups excluding carboxylic acids is 1. The van der Waals surface area contributed by atoms with Crippen LogP contribution in [0.4, 0.5) is 0 Å². The number of hydrogen-bond acceptors (Lipinski definition) is 4. The highest BCUT2D eigenvalue weighted by Crippen LogP contribution is 2.29. The van der Waals surface area contributed by atoms with Crippen molar-refractivity contribution in [2.75, 3.05) is 14.1 Å². The third kappa shape index (κ3) is 2.58. The zero-order valence-corrected chi connectivity index (χ0v) is 10.2. The molecule has 0 bridgehead atoms. The van der Waals surface area contributed by atoms with Crippen molar-refractivity contribution in [3.8, 4) is 5.75 Å². The number of ether oxygens (including phenoxy) is 1. The van der Waals surface area contributed by atoms with E-state index in [-0.39, 0.29) is 23.5 Å². The average molecular weight is 250 g/mol. The minimum absolute atomic E-state index is 0.0506. The lowest BCUT2D eigenvalue weighted by molar-refractivity contribution is 0.0683. The number of aromatic nitrogens is 1. The molecule has 0 unspecified atom stereocenters. The Kier molecular flexibility index (Phi) is 3.18. The van der Waals surface area contributed by atoms with Crippen LogP contribution in [0.2, 0.25) is 0 Å². The maximum absolute atomic E-state index is 11.8. The first kappa shape index (κ1) is 12.3. The molecule has 1 fully saturated rings. The third-order valence-corrected chi connectivity index (χ3v) is 2.53. The molecule has 1 heterocycles. The van der Waals surface area contributed by atoms with E-state index in [1.807, 2.05) is 0 Å². The van der Waals surface area contributed by atoms with Crippen LogP contribution in [0.3, 0.4) is 0 Å². The quantitative estimate of drug-likeness (QED) is 0.863. The molecule has 96 valence electrons. The first-order chi connectivity index (χ1) is 8.49. The first-order valence-corrected chi connectivity index (χ1v) is 5.60. The van der Waals surface area contributed by atoms with Crippen molar-refractivity contribution in [3.05, 3.63) is 23.5 Å². The summed E-state index contributed by atoms with van der Waals surface area (Å²) in [4.78, 5) is 28.0. The standard InChI is InChI=1S/C12H14N2O4/c1-14(2)11(15)7-5-9(18-8-3-4-8)10(12(16)17)13-6-7/h5-6,8H,3-4H2,1-2H3,(H,16,17). The molecule has 1 amide bonds. The molecule has 1 N–H and O–H groups in total. The van der Waals surface area contributed by atoms with Gasteiger partial charge in [0.2, 0.25) is 0 Å². The van der Waals surface area contributed by atoms with Gasteiger partial charge in [-0.1, -0.05) is 0 Å². The van der Waals surface area contributed by atoms with Gasteiger partial charge in [-0.05, 0) is 18.9 Å². The van der Waals surface area contributed by atoms with Crippen LogP contribution in [-0.4, -0.2) is 47.1 Å². The highest BCUT2D eigenvalue weighted by atomic mass is 16.5. The zero-order chi connectivity index (χ0) is 13.3. The lowest BCUT2D eigenvalue weighted by atomic mass is 10.2. The molecule has 0 aliphatic heterocycles. The third-order valence-electron chi connectivity index (χ3n) is 2.53. The van der Waals surface area contributed by atoms with Crippen molar-refractivity contribution in [1.29, 1.82) is 0 Å². The Labute approximate surface area is 104 Å². The van der Waals surface area contributed by atoms with Gasteiger partial charge in [-0.15, -0.1) is 0 Å². The van der Waals surface area contributed by atoms with E-state index in [1.165, 1.54) is 17.2 Å². The molecule has 1 aromatic rings. The average Bonchev–Trinajstić information content (AvgIpc) is 3.11. The number of nitrogens with zero attached hydrogens (tertiary/aromatic N) is 2. The van der Waals surface area contributed by atoms with Crippen LogP contribution in [-0.2, 0) is 0 Å². The largest absolute Gasteiger partial charge is 0.488 e. The molecular weight excluding hydrogens is 236 g/mol. The fraction of sp³-hybridized carbons (Fsp3) is 0.417. The molecule has 0 aromatic carbocycles. The van der Waals surface area contributed by atoms with E-state index in [4.69, 9.17) is 9.84 Å². The second kappa shape index (κ2) is 4.64. The van der Waals surface area contributed by atoms with Crippen LogP contribution < -0.4 is 4.74 Å². The Morgan fingerprint density at radius 1 is 1.44 bits per heavy atom. The molecular formula is C12H14N2O4. The van der Waals surface area contributed by atoms with E-state index in [1.54, 1.807) is 14.1 Å². The van der Waals surface area contributed by atoms with E-state index in [0.29, 0.717) is 5.56 Å². The maximum Gasteiger partial charge on any atom is 0.358 e. The van der Waals surface area contributed by atoms with Gasteiger partial charge in [0, 0.05) is 20.3 Å². The summed E-state index contributed by atoms with van der Waals surface area (Å²) in [5.41, 5.74) is 0.165. The predicted octanol–water partition coefficient (Wildman–Crippen LogP) is 1.02. The summed E-state index contributed by atoms with van der Waals surface area (Å²) in [7, 11) is 3.24. The SMILES string of the molecule is CN(C)C(=O)c1cnc(C(=O)O)c(OC2CC2)c1. The zero-order valence-electron chi connectivity index (χ0n) is 10.2. The monoisotopic (exact) mass is 250 g/mol. The molecule has 0 radical (unpaired) electrons. The second-order valence-corrected chi connectivity index (χ2v) is 4.39. The van der Waals surface area contributed by atoms with Gasteiger partial charge in [0.05, 0.1) is 11.7 Å². The predicted molar refractivity (Wildman–Crippen MR) is 62.9 cm³/mol. The van der Waals surface area contributed by atoms with Gasteiger partial charge >= 0.3 is 5.97 Å². The van der Waals surface area contributed by atoms with Crippen molar-refractivity contribution in [2.45, 2.75) is 18.9 Å². The first-order valence-electron chi connectivity index (χ1n) is 5.60. The lowest BCUT2D eigenvalue weighted by Gasteiger charge is -2.12. The van der Waals surface area contributed by atoms with Gasteiger partial charge in [-0.3, -0.25) is 4.79 Å². The normalized spacial score (nSPS) is 14.1. The summed E-state index contributed by atoms with van der Waals surface area (Å²) in [5.74, 6) is -1.23. The summed E-state index contributed by atoms with van der Waals surface area (Å²) >= 11 is 0. The van der Waals surface area contributed by atoms with Gasteiger partial charge < -0.3 is 14.7 Å². The summed E-state index contributed by atoms with van der Waals surface area (Å²) in [5, 5.41) is 9.00. The maximum atomic E-state index is 11.8. The smallest absolute Gasteiger partial charge is 0.358 e. The van der Waals surface area contributed by atoms with Crippen LogP contribution >= 0.6 is 0 Å². The molecule has 0 atom stereocenters. The van der Waals surface area contributed by atoms with Crippen LogP contribution in [0.25, 0.3) is 0 Å². The molecule has 0 saturated heterocycles. The van der Waals surface area contributed by atoms with E-state index < -0.39 is 5.97 Å². The van der Waals surface area contributed by atoms with Crippen molar-refractivity contribution in [3.63, 3.8) is 0 Å². The molecule has 0 spiro atoms. The molecule has 1 aliphatic carbocycles. The second-order valence-electron chi connectivity index (χ2n) is 4.39. The van der Waals surface area contributed by atoms with Gasteiger partial charge in [-0.25, -0.2) is 9.78 Å². The summed E-state index contributed by atoms with van der Waals surface area (Å²) < 4.78 is 5.47. The van der Waals surface area contributed by atoms with Crippen LogP contribution in [0.1, 0.15) is 33.7 Å².